The SMILES string of the molecule is CC.Cc1c(C)c(C)c(C2Cc3cnc4c(c(C)nn4C)c3-c3ccccc32)c(C)c1C. The summed E-state index contributed by atoms with van der Waals surface area (Å²) in [5.74, 6) is 0.350. The van der Waals surface area contributed by atoms with Gasteiger partial charge in [0, 0.05) is 19.2 Å². The van der Waals surface area contributed by atoms with Gasteiger partial charge in [0.2, 0.25) is 0 Å². The number of benzene rings is 2. The Kier molecular flexibility index (Phi) is 5.70. The van der Waals surface area contributed by atoms with Gasteiger partial charge in [-0.05, 0) is 104 Å². The van der Waals surface area contributed by atoms with Gasteiger partial charge in [-0.25, -0.2) is 4.98 Å². The Labute approximate surface area is 192 Å². The van der Waals surface area contributed by atoms with Crippen molar-refractivity contribution in [2.75, 3.05) is 0 Å². The van der Waals surface area contributed by atoms with Crippen LogP contribution in [0.1, 0.15) is 70.0 Å². The van der Waals surface area contributed by atoms with Gasteiger partial charge in [-0.15, -0.1) is 0 Å². The smallest absolute Gasteiger partial charge is 0.158 e. The lowest BCUT2D eigenvalue weighted by Crippen LogP contribution is -2.17. The Morgan fingerprint density at radius 2 is 1.44 bits per heavy atom. The van der Waals surface area contributed by atoms with Gasteiger partial charge in [0.15, 0.2) is 5.65 Å². The van der Waals surface area contributed by atoms with E-state index in [0.29, 0.717) is 5.92 Å². The van der Waals surface area contributed by atoms with Crippen molar-refractivity contribution in [3.8, 4) is 11.1 Å². The Bertz CT molecular complexity index is 1310. The second-order valence-corrected chi connectivity index (χ2v) is 8.95. The molecule has 0 fully saturated rings. The second-order valence-electron chi connectivity index (χ2n) is 8.95. The summed E-state index contributed by atoms with van der Waals surface area (Å²) < 4.78 is 1.90. The largest absolute Gasteiger partial charge is 0.250 e. The van der Waals surface area contributed by atoms with Crippen LogP contribution >= 0.6 is 0 Å². The zero-order valence-corrected chi connectivity index (χ0v) is 21.0. The van der Waals surface area contributed by atoms with E-state index in [4.69, 9.17) is 4.98 Å². The van der Waals surface area contributed by atoms with Gasteiger partial charge >= 0.3 is 0 Å². The highest BCUT2D eigenvalue weighted by Crippen LogP contribution is 2.47. The molecule has 0 bridgehead atoms. The number of rotatable bonds is 1. The minimum absolute atomic E-state index is 0.350. The van der Waals surface area contributed by atoms with Gasteiger partial charge in [-0.2, -0.15) is 5.10 Å². The van der Waals surface area contributed by atoms with E-state index in [-0.39, 0.29) is 0 Å². The van der Waals surface area contributed by atoms with Crippen LogP contribution < -0.4 is 0 Å². The third-order valence-corrected chi connectivity index (χ3v) is 7.54. The van der Waals surface area contributed by atoms with Gasteiger partial charge in [0.25, 0.3) is 0 Å². The van der Waals surface area contributed by atoms with Crippen molar-refractivity contribution in [1.82, 2.24) is 14.8 Å². The van der Waals surface area contributed by atoms with E-state index < -0.39 is 0 Å². The molecular weight excluding hydrogens is 390 g/mol. The molecule has 0 spiro atoms. The fourth-order valence-electron chi connectivity index (χ4n) is 5.58. The van der Waals surface area contributed by atoms with Crippen molar-refractivity contribution in [2.45, 2.75) is 67.7 Å². The maximum Gasteiger partial charge on any atom is 0.158 e. The van der Waals surface area contributed by atoms with Crippen molar-refractivity contribution >= 4 is 11.0 Å². The number of pyridine rings is 1. The highest BCUT2D eigenvalue weighted by Gasteiger charge is 2.31. The molecule has 3 heteroatoms. The van der Waals surface area contributed by atoms with Crippen molar-refractivity contribution in [2.24, 2.45) is 7.05 Å². The van der Waals surface area contributed by atoms with Gasteiger partial charge in [0.05, 0.1) is 11.1 Å². The zero-order chi connectivity index (χ0) is 23.3. The van der Waals surface area contributed by atoms with Crippen LogP contribution in [0.2, 0.25) is 0 Å². The summed E-state index contributed by atoms with van der Waals surface area (Å²) in [7, 11) is 1.98. The molecular formula is C29H35N3. The fourth-order valence-corrected chi connectivity index (χ4v) is 5.58. The average molecular weight is 426 g/mol. The molecule has 1 unspecified atom stereocenters. The fraction of sp³-hybridized carbons (Fsp3) is 0.379. The van der Waals surface area contributed by atoms with Crippen molar-refractivity contribution < 1.29 is 0 Å². The van der Waals surface area contributed by atoms with Crippen LogP contribution in [-0.4, -0.2) is 14.8 Å². The standard InChI is InChI=1S/C27H29N3.C2H6/c1-14-15(2)17(4)24(18(5)16(14)3)23-12-20-13-28-27-25(19(6)29-30(27)7)26(20)22-11-9-8-10-21(22)23;1-2/h8-11,13,23H,12H2,1-7H3;1-2H3. The lowest BCUT2D eigenvalue weighted by molar-refractivity contribution is 0.766. The van der Waals surface area contributed by atoms with E-state index >= 15 is 0 Å². The molecule has 1 atom stereocenters. The Balaban J connectivity index is 0.00000119. The minimum atomic E-state index is 0.350. The van der Waals surface area contributed by atoms with Crippen LogP contribution in [0.4, 0.5) is 0 Å². The first-order valence-corrected chi connectivity index (χ1v) is 11.8. The molecule has 2 aromatic carbocycles. The van der Waals surface area contributed by atoms with E-state index in [1.165, 1.54) is 61.0 Å². The van der Waals surface area contributed by atoms with Crippen LogP contribution in [0, 0.1) is 41.5 Å². The predicted molar refractivity (Wildman–Crippen MR) is 136 cm³/mol. The third-order valence-electron chi connectivity index (χ3n) is 7.54. The molecule has 0 N–H and O–H groups in total. The lowest BCUT2D eigenvalue weighted by atomic mass is 9.72. The van der Waals surface area contributed by atoms with Gasteiger partial charge in [-0.3, -0.25) is 4.68 Å². The van der Waals surface area contributed by atoms with Crippen molar-refractivity contribution in [1.29, 1.82) is 0 Å². The number of hydrogen-bond acceptors (Lipinski definition) is 2. The Morgan fingerprint density at radius 1 is 0.844 bits per heavy atom. The molecule has 5 rings (SSSR count). The minimum Gasteiger partial charge on any atom is -0.250 e. The molecule has 0 radical (unpaired) electrons. The molecule has 1 aliphatic rings. The molecule has 166 valence electrons. The summed E-state index contributed by atoms with van der Waals surface area (Å²) in [6.45, 7) is 17.5. The van der Waals surface area contributed by atoms with E-state index in [9.17, 15) is 0 Å². The molecule has 0 amide bonds. The molecule has 0 saturated carbocycles. The van der Waals surface area contributed by atoms with Crippen LogP contribution in [-0.2, 0) is 13.5 Å². The van der Waals surface area contributed by atoms with Crippen LogP contribution in [0.15, 0.2) is 30.5 Å². The third kappa shape index (κ3) is 3.09. The maximum absolute atomic E-state index is 4.81. The topological polar surface area (TPSA) is 30.7 Å². The summed E-state index contributed by atoms with van der Waals surface area (Å²) in [5, 5.41) is 5.86. The van der Waals surface area contributed by atoms with Crippen LogP contribution in [0.3, 0.4) is 0 Å². The number of nitrogens with zero attached hydrogens (tertiary/aromatic N) is 3. The number of hydrogen-bond donors (Lipinski definition) is 0. The van der Waals surface area contributed by atoms with Crippen LogP contribution in [0.25, 0.3) is 22.2 Å². The number of aromatic nitrogens is 3. The first-order chi connectivity index (χ1) is 15.3. The summed E-state index contributed by atoms with van der Waals surface area (Å²) in [4.78, 5) is 4.81. The van der Waals surface area contributed by atoms with E-state index in [0.717, 1.165) is 17.8 Å². The van der Waals surface area contributed by atoms with Crippen molar-refractivity contribution in [3.63, 3.8) is 0 Å². The molecule has 32 heavy (non-hydrogen) atoms. The summed E-state index contributed by atoms with van der Waals surface area (Å²) in [6.07, 6.45) is 3.06. The normalized spacial score (nSPS) is 14.6. The zero-order valence-electron chi connectivity index (χ0n) is 21.0. The van der Waals surface area contributed by atoms with Gasteiger partial charge in [-0.1, -0.05) is 38.1 Å². The monoisotopic (exact) mass is 425 g/mol. The average Bonchev–Trinajstić information content (AvgIpc) is 3.11. The maximum atomic E-state index is 4.81. The number of aryl methyl sites for hydroxylation is 2. The first-order valence-electron chi connectivity index (χ1n) is 11.8. The van der Waals surface area contributed by atoms with Gasteiger partial charge in [0.1, 0.15) is 0 Å². The predicted octanol–water partition coefficient (Wildman–Crippen LogP) is 7.20. The molecule has 2 heterocycles. The number of fused-ring (bicyclic) bond motifs is 5. The summed E-state index contributed by atoms with van der Waals surface area (Å²) >= 11 is 0. The summed E-state index contributed by atoms with van der Waals surface area (Å²) in [5.41, 5.74) is 16.1. The first kappa shape index (κ1) is 22.3. The quantitative estimate of drug-likeness (QED) is 0.323. The van der Waals surface area contributed by atoms with Gasteiger partial charge < -0.3 is 0 Å². The molecule has 4 aromatic rings. The summed E-state index contributed by atoms with van der Waals surface area (Å²) in [6, 6.07) is 8.95. The molecule has 3 nitrogen and oxygen atoms in total. The second kappa shape index (κ2) is 8.20. The van der Waals surface area contributed by atoms with Crippen molar-refractivity contribution in [3.05, 3.63) is 80.7 Å². The van der Waals surface area contributed by atoms with E-state index in [1.807, 2.05) is 25.6 Å². The highest BCUT2D eigenvalue weighted by atomic mass is 15.3. The Morgan fingerprint density at radius 3 is 2.09 bits per heavy atom. The molecule has 0 aliphatic heterocycles. The Hall–Kier alpha value is -2.94. The highest BCUT2D eigenvalue weighted by molar-refractivity contribution is 5.98. The van der Waals surface area contributed by atoms with Crippen LogP contribution in [0.5, 0.6) is 0 Å². The van der Waals surface area contributed by atoms with E-state index in [1.54, 1.807) is 0 Å². The molecule has 0 saturated heterocycles. The molecule has 1 aliphatic carbocycles. The lowest BCUT2D eigenvalue weighted by Gasteiger charge is -2.32. The van der Waals surface area contributed by atoms with E-state index in [2.05, 4.69) is 77.1 Å². The molecule has 2 aromatic heterocycles.